The van der Waals surface area contributed by atoms with Crippen LogP contribution in [0.3, 0.4) is 0 Å². The summed E-state index contributed by atoms with van der Waals surface area (Å²) in [4.78, 5) is 11.1. The van der Waals surface area contributed by atoms with E-state index in [4.69, 9.17) is 9.47 Å². The molecule has 1 N–H and O–H groups in total. The van der Waals surface area contributed by atoms with Crippen LogP contribution < -0.4 is 10.2 Å². The molecular formula is C12H14N2O3. The van der Waals surface area contributed by atoms with E-state index in [-0.39, 0.29) is 0 Å². The van der Waals surface area contributed by atoms with Crippen LogP contribution in [0.1, 0.15) is 18.9 Å². The van der Waals surface area contributed by atoms with Crippen molar-refractivity contribution in [3.63, 3.8) is 0 Å². The van der Waals surface area contributed by atoms with Gasteiger partial charge in [0.15, 0.2) is 0 Å². The Kier molecular flexibility index (Phi) is 3.59. The number of hydrogen-bond donors (Lipinski definition) is 1. The van der Waals surface area contributed by atoms with Crippen LogP contribution in [0.4, 0.5) is 4.79 Å². The fourth-order valence-corrected chi connectivity index (χ4v) is 1.62. The molecule has 5 heteroatoms. The number of benzene rings is 1. The summed E-state index contributed by atoms with van der Waals surface area (Å²) in [5.41, 5.74) is 4.08. The second-order valence-electron chi connectivity index (χ2n) is 3.49. The number of para-hydroxylation sites is 1. The molecule has 0 aromatic heterocycles. The van der Waals surface area contributed by atoms with E-state index >= 15 is 0 Å². The number of hydrazone groups is 1. The van der Waals surface area contributed by atoms with Gasteiger partial charge in [-0.2, -0.15) is 5.10 Å². The molecule has 0 spiro atoms. The lowest BCUT2D eigenvalue weighted by Gasteiger charge is -2.18. The van der Waals surface area contributed by atoms with E-state index in [0.29, 0.717) is 19.6 Å². The molecule has 17 heavy (non-hydrogen) atoms. The van der Waals surface area contributed by atoms with Gasteiger partial charge in [-0.1, -0.05) is 12.1 Å². The molecule has 0 radical (unpaired) electrons. The predicted octanol–water partition coefficient (Wildman–Crippen LogP) is 1.92. The molecule has 0 saturated heterocycles. The number of rotatable bonds is 2. The highest BCUT2D eigenvalue weighted by molar-refractivity contribution is 6.03. The minimum Gasteiger partial charge on any atom is -0.492 e. The molecule has 1 aliphatic rings. The standard InChI is InChI=1S/C12H14N2O3/c1-2-16-12(15)14-13-10-7-8-17-11-6-4-3-5-9(10)11/h3-6H,2,7-8H2,1H3,(H,14,15)/b13-10-. The van der Waals surface area contributed by atoms with Crippen molar-refractivity contribution in [3.05, 3.63) is 29.8 Å². The average Bonchev–Trinajstić information content (AvgIpc) is 2.36. The Hall–Kier alpha value is -2.04. The monoisotopic (exact) mass is 234 g/mol. The molecule has 90 valence electrons. The summed E-state index contributed by atoms with van der Waals surface area (Å²) >= 11 is 0. The Bertz CT molecular complexity index is 443. The highest BCUT2D eigenvalue weighted by Crippen LogP contribution is 2.24. The van der Waals surface area contributed by atoms with Crippen molar-refractivity contribution in [2.45, 2.75) is 13.3 Å². The lowest BCUT2D eigenvalue weighted by Crippen LogP contribution is -2.24. The number of carbonyl (C=O) groups excluding carboxylic acids is 1. The van der Waals surface area contributed by atoms with Gasteiger partial charge in [0.1, 0.15) is 5.75 Å². The van der Waals surface area contributed by atoms with Gasteiger partial charge in [-0.15, -0.1) is 0 Å². The molecule has 2 rings (SSSR count). The van der Waals surface area contributed by atoms with Gasteiger partial charge in [0.05, 0.1) is 18.9 Å². The molecule has 1 amide bonds. The molecular weight excluding hydrogens is 220 g/mol. The maximum atomic E-state index is 11.1. The molecule has 1 aliphatic heterocycles. The normalized spacial score (nSPS) is 15.9. The van der Waals surface area contributed by atoms with Gasteiger partial charge in [0, 0.05) is 12.0 Å². The van der Waals surface area contributed by atoms with Crippen LogP contribution in [0.15, 0.2) is 29.4 Å². The predicted molar refractivity (Wildman–Crippen MR) is 63.2 cm³/mol. The Morgan fingerprint density at radius 2 is 2.35 bits per heavy atom. The van der Waals surface area contributed by atoms with Crippen LogP contribution in [0.5, 0.6) is 5.75 Å². The third-order valence-electron chi connectivity index (χ3n) is 2.35. The molecule has 1 aromatic rings. The summed E-state index contributed by atoms with van der Waals surface area (Å²) in [6.07, 6.45) is 0.132. The number of nitrogens with zero attached hydrogens (tertiary/aromatic N) is 1. The highest BCUT2D eigenvalue weighted by atomic mass is 16.5. The molecule has 0 fully saturated rings. The van der Waals surface area contributed by atoms with E-state index in [1.807, 2.05) is 24.3 Å². The van der Waals surface area contributed by atoms with Gasteiger partial charge in [-0.05, 0) is 19.1 Å². The van der Waals surface area contributed by atoms with E-state index in [1.54, 1.807) is 6.92 Å². The van der Waals surface area contributed by atoms with Gasteiger partial charge in [-0.25, -0.2) is 10.2 Å². The second-order valence-corrected chi connectivity index (χ2v) is 3.49. The molecule has 1 heterocycles. The number of fused-ring (bicyclic) bond motifs is 1. The average molecular weight is 234 g/mol. The van der Waals surface area contributed by atoms with E-state index in [2.05, 4.69) is 10.5 Å². The van der Waals surface area contributed by atoms with E-state index in [1.165, 1.54) is 0 Å². The fraction of sp³-hybridized carbons (Fsp3) is 0.333. The number of carbonyl (C=O) groups is 1. The van der Waals surface area contributed by atoms with E-state index in [9.17, 15) is 4.79 Å². The molecule has 0 unspecified atom stereocenters. The first-order valence-electron chi connectivity index (χ1n) is 5.52. The number of ether oxygens (including phenoxy) is 2. The summed E-state index contributed by atoms with van der Waals surface area (Å²) in [6, 6.07) is 7.61. The van der Waals surface area contributed by atoms with Crippen LogP contribution in [0.2, 0.25) is 0 Å². The summed E-state index contributed by atoms with van der Waals surface area (Å²) in [7, 11) is 0. The van der Waals surface area contributed by atoms with E-state index < -0.39 is 6.09 Å². The smallest absolute Gasteiger partial charge is 0.427 e. The number of nitrogens with one attached hydrogen (secondary N) is 1. The molecule has 0 saturated carbocycles. The first kappa shape index (κ1) is 11.4. The van der Waals surface area contributed by atoms with Gasteiger partial charge in [-0.3, -0.25) is 0 Å². The SMILES string of the molecule is CCOC(=O)N/N=C1/CCOc2ccccc21. The Balaban J connectivity index is 2.12. The summed E-state index contributed by atoms with van der Waals surface area (Å²) < 4.78 is 10.2. The summed E-state index contributed by atoms with van der Waals surface area (Å²) in [6.45, 7) is 2.65. The van der Waals surface area contributed by atoms with Crippen LogP contribution in [-0.2, 0) is 4.74 Å². The molecule has 0 atom stereocenters. The van der Waals surface area contributed by atoms with Crippen LogP contribution in [0.25, 0.3) is 0 Å². The second kappa shape index (κ2) is 5.34. The third-order valence-corrected chi connectivity index (χ3v) is 2.35. The van der Waals surface area contributed by atoms with E-state index in [0.717, 1.165) is 17.0 Å². The van der Waals surface area contributed by atoms with Crippen LogP contribution >= 0.6 is 0 Å². The first-order valence-corrected chi connectivity index (χ1v) is 5.52. The lowest BCUT2D eigenvalue weighted by atomic mass is 10.0. The summed E-state index contributed by atoms with van der Waals surface area (Å²) in [5.74, 6) is 0.795. The van der Waals surface area contributed by atoms with Gasteiger partial charge >= 0.3 is 6.09 Å². The van der Waals surface area contributed by atoms with Crippen LogP contribution in [0, 0.1) is 0 Å². The number of hydrogen-bond acceptors (Lipinski definition) is 4. The quantitative estimate of drug-likeness (QED) is 0.795. The zero-order valence-electron chi connectivity index (χ0n) is 9.60. The Morgan fingerprint density at radius 3 is 3.18 bits per heavy atom. The Morgan fingerprint density at radius 1 is 1.53 bits per heavy atom. The lowest BCUT2D eigenvalue weighted by molar-refractivity contribution is 0.152. The highest BCUT2D eigenvalue weighted by Gasteiger charge is 2.16. The minimum atomic E-state index is -0.538. The topological polar surface area (TPSA) is 59.9 Å². The molecule has 0 bridgehead atoms. The van der Waals surface area contributed by atoms with Crippen molar-refractivity contribution in [2.24, 2.45) is 5.10 Å². The Labute approximate surface area is 99.4 Å². The molecule has 1 aromatic carbocycles. The fourth-order valence-electron chi connectivity index (χ4n) is 1.62. The van der Waals surface area contributed by atoms with Crippen molar-refractivity contribution in [1.82, 2.24) is 5.43 Å². The molecule has 0 aliphatic carbocycles. The zero-order valence-corrected chi connectivity index (χ0v) is 9.60. The minimum absolute atomic E-state index is 0.330. The number of amides is 1. The van der Waals surface area contributed by atoms with Crippen molar-refractivity contribution < 1.29 is 14.3 Å². The maximum Gasteiger partial charge on any atom is 0.427 e. The van der Waals surface area contributed by atoms with Crippen molar-refractivity contribution in [1.29, 1.82) is 0 Å². The largest absolute Gasteiger partial charge is 0.492 e. The van der Waals surface area contributed by atoms with Gasteiger partial charge in [0.2, 0.25) is 0 Å². The van der Waals surface area contributed by atoms with Gasteiger partial charge in [0.25, 0.3) is 0 Å². The summed E-state index contributed by atoms with van der Waals surface area (Å²) in [5, 5.41) is 4.06. The first-order chi connectivity index (χ1) is 8.31. The molecule has 5 nitrogen and oxygen atoms in total. The van der Waals surface area contributed by atoms with Crippen molar-refractivity contribution in [2.75, 3.05) is 13.2 Å². The maximum absolute atomic E-state index is 11.1. The van der Waals surface area contributed by atoms with Gasteiger partial charge < -0.3 is 9.47 Å². The van der Waals surface area contributed by atoms with Crippen molar-refractivity contribution >= 4 is 11.8 Å². The third kappa shape index (κ3) is 2.75. The van der Waals surface area contributed by atoms with Crippen LogP contribution in [-0.4, -0.2) is 25.0 Å². The zero-order chi connectivity index (χ0) is 12.1. The van der Waals surface area contributed by atoms with Crippen molar-refractivity contribution in [3.8, 4) is 5.75 Å².